The lowest BCUT2D eigenvalue weighted by molar-refractivity contribution is -0.134. The monoisotopic (exact) mass is 189 g/mol. The number of nitrogens with two attached hydrogens (primary N) is 1. The molecule has 0 bridgehead atoms. The van der Waals surface area contributed by atoms with Gasteiger partial charge < -0.3 is 10.5 Å². The molecule has 0 fully saturated rings. The molecule has 2 N–H and O–H groups in total. The molecule has 0 saturated carbocycles. The zero-order valence-electron chi connectivity index (χ0n) is 7.69. The minimum absolute atomic E-state index is 0.240. The van der Waals surface area contributed by atoms with Crippen LogP contribution in [0.4, 0.5) is 5.69 Å². The van der Waals surface area contributed by atoms with Crippen molar-refractivity contribution in [3.8, 4) is 0 Å². The maximum absolute atomic E-state index is 10.8. The summed E-state index contributed by atoms with van der Waals surface area (Å²) in [6, 6.07) is 7.62. The number of carbonyl (C=O) groups excluding carboxylic acids is 1. The molecule has 0 radical (unpaired) electrons. The molecule has 1 heterocycles. The first kappa shape index (κ1) is 8.81. The molecule has 0 amide bonds. The highest BCUT2D eigenvalue weighted by molar-refractivity contribution is 5.85. The molecule has 0 aliphatic carbocycles. The van der Waals surface area contributed by atoms with Gasteiger partial charge in [-0.1, -0.05) is 12.1 Å². The number of anilines is 1. The van der Waals surface area contributed by atoms with E-state index in [2.05, 4.69) is 0 Å². The molecule has 0 saturated heterocycles. The Morgan fingerprint density at radius 1 is 1.29 bits per heavy atom. The SMILES string of the molecule is Nc1ccc(CC2=CC(=O)OC2)cc1. The van der Waals surface area contributed by atoms with Crippen LogP contribution in [0.2, 0.25) is 0 Å². The highest BCUT2D eigenvalue weighted by atomic mass is 16.5. The first-order valence-electron chi connectivity index (χ1n) is 4.44. The van der Waals surface area contributed by atoms with Crippen LogP contribution in [0.1, 0.15) is 5.56 Å². The van der Waals surface area contributed by atoms with Crippen LogP contribution in [0.25, 0.3) is 0 Å². The largest absolute Gasteiger partial charge is 0.458 e. The maximum Gasteiger partial charge on any atom is 0.331 e. The summed E-state index contributed by atoms with van der Waals surface area (Å²) >= 11 is 0. The van der Waals surface area contributed by atoms with Gasteiger partial charge in [0.15, 0.2) is 0 Å². The zero-order valence-corrected chi connectivity index (χ0v) is 7.69. The van der Waals surface area contributed by atoms with E-state index < -0.39 is 0 Å². The van der Waals surface area contributed by atoms with Crippen molar-refractivity contribution >= 4 is 11.7 Å². The van der Waals surface area contributed by atoms with Crippen molar-refractivity contribution in [2.75, 3.05) is 12.3 Å². The number of hydrogen-bond donors (Lipinski definition) is 1. The second-order valence-corrected chi connectivity index (χ2v) is 3.33. The summed E-state index contributed by atoms with van der Waals surface area (Å²) in [7, 11) is 0. The van der Waals surface area contributed by atoms with E-state index in [9.17, 15) is 4.79 Å². The number of cyclic esters (lactones) is 1. The predicted octanol–water partition coefficient (Wildman–Crippen LogP) is 1.29. The van der Waals surface area contributed by atoms with Gasteiger partial charge in [0.05, 0.1) is 0 Å². The maximum atomic E-state index is 10.8. The van der Waals surface area contributed by atoms with Gasteiger partial charge in [-0.2, -0.15) is 0 Å². The average molecular weight is 189 g/mol. The quantitative estimate of drug-likeness (QED) is 0.563. The van der Waals surface area contributed by atoms with Crippen LogP contribution < -0.4 is 5.73 Å². The van der Waals surface area contributed by atoms with Crippen molar-refractivity contribution in [2.45, 2.75) is 6.42 Å². The van der Waals surface area contributed by atoms with Gasteiger partial charge in [0.1, 0.15) is 6.61 Å². The Morgan fingerprint density at radius 2 is 2.00 bits per heavy atom. The first-order chi connectivity index (χ1) is 6.74. The zero-order chi connectivity index (χ0) is 9.97. The van der Waals surface area contributed by atoms with Crippen LogP contribution in [0.3, 0.4) is 0 Å². The van der Waals surface area contributed by atoms with E-state index in [4.69, 9.17) is 10.5 Å². The van der Waals surface area contributed by atoms with Crippen molar-refractivity contribution in [1.82, 2.24) is 0 Å². The Balaban J connectivity index is 2.08. The summed E-state index contributed by atoms with van der Waals surface area (Å²) < 4.78 is 4.81. The molecule has 72 valence electrons. The minimum Gasteiger partial charge on any atom is -0.458 e. The standard InChI is InChI=1S/C11H11NO2/c12-10-3-1-8(2-4-10)5-9-6-11(13)14-7-9/h1-4,6H,5,7,12H2. The van der Waals surface area contributed by atoms with E-state index in [1.807, 2.05) is 24.3 Å². The van der Waals surface area contributed by atoms with E-state index in [1.54, 1.807) is 6.08 Å². The Bertz CT molecular complexity index is 379. The Morgan fingerprint density at radius 3 is 2.57 bits per heavy atom. The summed E-state index contributed by atoms with van der Waals surface area (Å²) in [6.07, 6.45) is 2.31. The molecular weight excluding hydrogens is 178 g/mol. The molecule has 1 aromatic rings. The first-order valence-corrected chi connectivity index (χ1v) is 4.44. The molecule has 0 spiro atoms. The van der Waals surface area contributed by atoms with E-state index in [0.717, 1.165) is 23.2 Å². The molecule has 3 heteroatoms. The van der Waals surface area contributed by atoms with Gasteiger partial charge in [0.2, 0.25) is 0 Å². The van der Waals surface area contributed by atoms with E-state index in [0.29, 0.717) is 6.61 Å². The third-order valence-electron chi connectivity index (χ3n) is 2.13. The predicted molar refractivity (Wildman–Crippen MR) is 53.6 cm³/mol. The fourth-order valence-electron chi connectivity index (χ4n) is 1.41. The Hall–Kier alpha value is -1.77. The van der Waals surface area contributed by atoms with E-state index >= 15 is 0 Å². The highest BCUT2D eigenvalue weighted by Crippen LogP contribution is 2.14. The summed E-state index contributed by atoms with van der Waals surface area (Å²) in [5, 5.41) is 0. The van der Waals surface area contributed by atoms with Crippen molar-refractivity contribution in [1.29, 1.82) is 0 Å². The smallest absolute Gasteiger partial charge is 0.331 e. The van der Waals surface area contributed by atoms with Gasteiger partial charge >= 0.3 is 5.97 Å². The van der Waals surface area contributed by atoms with Crippen LogP contribution in [0.15, 0.2) is 35.9 Å². The number of hydrogen-bond acceptors (Lipinski definition) is 3. The molecular formula is C11H11NO2. The van der Waals surface area contributed by atoms with Crippen LogP contribution in [0.5, 0.6) is 0 Å². The van der Waals surface area contributed by atoms with E-state index in [1.165, 1.54) is 0 Å². The molecule has 0 unspecified atom stereocenters. The van der Waals surface area contributed by atoms with Gasteiger partial charge in [0, 0.05) is 11.8 Å². The van der Waals surface area contributed by atoms with Gasteiger partial charge in [-0.05, 0) is 29.7 Å². The Labute approximate surface area is 82.2 Å². The number of rotatable bonds is 2. The lowest BCUT2D eigenvalue weighted by Crippen LogP contribution is -1.94. The fraction of sp³-hybridized carbons (Fsp3) is 0.182. The molecule has 0 atom stereocenters. The van der Waals surface area contributed by atoms with Gasteiger partial charge in [-0.3, -0.25) is 0 Å². The van der Waals surface area contributed by atoms with Gasteiger partial charge in [0.25, 0.3) is 0 Å². The second kappa shape index (κ2) is 3.54. The molecule has 1 aromatic carbocycles. The average Bonchev–Trinajstić information content (AvgIpc) is 2.56. The number of ether oxygens (including phenoxy) is 1. The lowest BCUT2D eigenvalue weighted by atomic mass is 10.1. The lowest BCUT2D eigenvalue weighted by Gasteiger charge is -2.01. The summed E-state index contributed by atoms with van der Waals surface area (Å²) in [5.74, 6) is -0.240. The van der Waals surface area contributed by atoms with Gasteiger partial charge in [-0.15, -0.1) is 0 Å². The van der Waals surface area contributed by atoms with E-state index in [-0.39, 0.29) is 5.97 Å². The highest BCUT2D eigenvalue weighted by Gasteiger charge is 2.12. The third kappa shape index (κ3) is 1.93. The van der Waals surface area contributed by atoms with Crippen LogP contribution >= 0.6 is 0 Å². The van der Waals surface area contributed by atoms with Crippen LogP contribution in [-0.4, -0.2) is 12.6 Å². The molecule has 3 nitrogen and oxygen atoms in total. The third-order valence-corrected chi connectivity index (χ3v) is 2.13. The normalized spacial score (nSPS) is 15.1. The van der Waals surface area contributed by atoms with Crippen molar-refractivity contribution in [2.24, 2.45) is 0 Å². The summed E-state index contributed by atoms with van der Waals surface area (Å²) in [5.41, 5.74) is 8.47. The molecule has 1 aliphatic rings. The summed E-state index contributed by atoms with van der Waals surface area (Å²) in [4.78, 5) is 10.8. The fourth-order valence-corrected chi connectivity index (χ4v) is 1.41. The Kier molecular flexibility index (Phi) is 2.23. The van der Waals surface area contributed by atoms with Crippen molar-refractivity contribution in [3.05, 3.63) is 41.5 Å². The molecule has 14 heavy (non-hydrogen) atoms. The topological polar surface area (TPSA) is 52.3 Å². The van der Waals surface area contributed by atoms with Crippen LogP contribution in [0, 0.1) is 0 Å². The molecule has 1 aliphatic heterocycles. The minimum atomic E-state index is -0.240. The second-order valence-electron chi connectivity index (χ2n) is 3.33. The number of esters is 1. The van der Waals surface area contributed by atoms with Gasteiger partial charge in [-0.25, -0.2) is 4.79 Å². The van der Waals surface area contributed by atoms with Crippen LogP contribution in [-0.2, 0) is 16.0 Å². The number of benzene rings is 1. The number of nitrogen functional groups attached to an aromatic ring is 1. The number of carbonyl (C=O) groups is 1. The summed E-state index contributed by atoms with van der Waals surface area (Å²) in [6.45, 7) is 0.420. The van der Waals surface area contributed by atoms with Crippen molar-refractivity contribution < 1.29 is 9.53 Å². The van der Waals surface area contributed by atoms with Crippen molar-refractivity contribution in [3.63, 3.8) is 0 Å². The molecule has 2 rings (SSSR count). The molecule has 0 aromatic heterocycles.